The lowest BCUT2D eigenvalue weighted by Gasteiger charge is -2.28. The van der Waals surface area contributed by atoms with Gasteiger partial charge in [-0.25, -0.2) is 8.42 Å². The zero-order valence-electron chi connectivity index (χ0n) is 16.1. The van der Waals surface area contributed by atoms with Gasteiger partial charge in [0, 0.05) is 0 Å². The topological polar surface area (TPSA) is 75.7 Å². The van der Waals surface area contributed by atoms with E-state index in [0.29, 0.717) is 12.3 Å². The predicted molar refractivity (Wildman–Crippen MR) is 108 cm³/mol. The van der Waals surface area contributed by atoms with Crippen LogP contribution < -0.4 is 14.4 Å². The number of benzene rings is 2. The summed E-state index contributed by atoms with van der Waals surface area (Å²) < 4.78 is 31.1. The standard InChI is InChI=1S/C20H26N2O4S/c1-15-10-11-19(14-16(15)2)26-13-12-21-20(23)17(3)22(27(4,24)25)18-8-6-5-7-9-18/h5-11,14,17H,12-13H2,1-4H3,(H,21,23)/t17-/m1/s1. The molecule has 2 aromatic carbocycles. The lowest BCUT2D eigenvalue weighted by atomic mass is 10.1. The highest BCUT2D eigenvalue weighted by atomic mass is 32.2. The molecule has 0 spiro atoms. The second-order valence-electron chi connectivity index (χ2n) is 6.46. The first-order valence-electron chi connectivity index (χ1n) is 8.72. The van der Waals surface area contributed by atoms with Crippen molar-refractivity contribution in [2.24, 2.45) is 0 Å². The van der Waals surface area contributed by atoms with Crippen LogP contribution in [0.3, 0.4) is 0 Å². The molecule has 0 bridgehead atoms. The molecule has 0 saturated carbocycles. The Balaban J connectivity index is 1.94. The second kappa shape index (κ2) is 8.90. The maximum atomic E-state index is 12.4. The Hall–Kier alpha value is -2.54. The molecule has 0 radical (unpaired) electrons. The van der Waals surface area contributed by atoms with Gasteiger partial charge in [0.05, 0.1) is 18.5 Å². The number of carbonyl (C=O) groups is 1. The van der Waals surface area contributed by atoms with Crippen molar-refractivity contribution in [2.75, 3.05) is 23.7 Å². The molecule has 6 nitrogen and oxygen atoms in total. The Kier molecular flexibility index (Phi) is 6.85. The van der Waals surface area contributed by atoms with E-state index in [0.717, 1.165) is 21.9 Å². The van der Waals surface area contributed by atoms with Gasteiger partial charge in [-0.3, -0.25) is 9.10 Å². The Morgan fingerprint density at radius 3 is 2.37 bits per heavy atom. The van der Waals surface area contributed by atoms with Crippen molar-refractivity contribution in [3.63, 3.8) is 0 Å². The van der Waals surface area contributed by atoms with E-state index in [4.69, 9.17) is 4.74 Å². The molecule has 0 aliphatic carbocycles. The summed E-state index contributed by atoms with van der Waals surface area (Å²) in [6, 6.07) is 13.5. The third kappa shape index (κ3) is 5.72. The van der Waals surface area contributed by atoms with E-state index in [1.807, 2.05) is 32.0 Å². The molecule has 146 valence electrons. The number of aryl methyl sites for hydroxylation is 2. The van der Waals surface area contributed by atoms with Gasteiger partial charge in [-0.15, -0.1) is 0 Å². The van der Waals surface area contributed by atoms with Crippen LogP contribution in [0.25, 0.3) is 0 Å². The number of hydrogen-bond acceptors (Lipinski definition) is 4. The number of anilines is 1. The molecule has 7 heteroatoms. The highest BCUT2D eigenvalue weighted by Gasteiger charge is 2.28. The van der Waals surface area contributed by atoms with Crippen LogP contribution in [-0.4, -0.2) is 39.8 Å². The minimum Gasteiger partial charge on any atom is -0.492 e. The Morgan fingerprint density at radius 2 is 1.78 bits per heavy atom. The molecule has 0 aliphatic heterocycles. The van der Waals surface area contributed by atoms with Gasteiger partial charge in [0.15, 0.2) is 0 Å². The van der Waals surface area contributed by atoms with E-state index in [9.17, 15) is 13.2 Å². The second-order valence-corrected chi connectivity index (χ2v) is 8.32. The summed E-state index contributed by atoms with van der Waals surface area (Å²) in [6.45, 7) is 6.18. The zero-order valence-corrected chi connectivity index (χ0v) is 16.9. The molecule has 0 unspecified atom stereocenters. The van der Waals surface area contributed by atoms with Gasteiger partial charge in [0.2, 0.25) is 15.9 Å². The minimum absolute atomic E-state index is 0.280. The van der Waals surface area contributed by atoms with Crippen molar-refractivity contribution in [2.45, 2.75) is 26.8 Å². The molecule has 0 fully saturated rings. The van der Waals surface area contributed by atoms with Gasteiger partial charge in [-0.2, -0.15) is 0 Å². The monoisotopic (exact) mass is 390 g/mol. The molecule has 2 aromatic rings. The molecular weight excluding hydrogens is 364 g/mol. The molecule has 0 aliphatic rings. The van der Waals surface area contributed by atoms with Gasteiger partial charge in [0.25, 0.3) is 0 Å². The lowest BCUT2D eigenvalue weighted by Crippen LogP contribution is -2.48. The Bertz CT molecular complexity index is 882. The molecular formula is C20H26N2O4S. The first-order valence-corrected chi connectivity index (χ1v) is 10.6. The summed E-state index contributed by atoms with van der Waals surface area (Å²) in [7, 11) is -3.60. The maximum absolute atomic E-state index is 12.4. The Morgan fingerprint density at radius 1 is 1.11 bits per heavy atom. The minimum atomic E-state index is -3.60. The van der Waals surface area contributed by atoms with Crippen LogP contribution in [0.15, 0.2) is 48.5 Å². The number of amides is 1. The number of ether oxygens (including phenoxy) is 1. The highest BCUT2D eigenvalue weighted by molar-refractivity contribution is 7.92. The van der Waals surface area contributed by atoms with Crippen LogP contribution in [0.2, 0.25) is 0 Å². The van der Waals surface area contributed by atoms with E-state index in [1.165, 1.54) is 5.56 Å². The fourth-order valence-electron chi connectivity index (χ4n) is 2.68. The fourth-order valence-corrected chi connectivity index (χ4v) is 3.85. The summed E-state index contributed by atoms with van der Waals surface area (Å²) >= 11 is 0. The van der Waals surface area contributed by atoms with Crippen molar-refractivity contribution >= 4 is 21.6 Å². The molecule has 0 aromatic heterocycles. The summed E-state index contributed by atoms with van der Waals surface area (Å²) in [6.07, 6.45) is 1.09. The number of nitrogens with zero attached hydrogens (tertiary/aromatic N) is 1. The van der Waals surface area contributed by atoms with E-state index in [1.54, 1.807) is 37.3 Å². The van der Waals surface area contributed by atoms with Gasteiger partial charge in [-0.1, -0.05) is 24.3 Å². The highest BCUT2D eigenvalue weighted by Crippen LogP contribution is 2.20. The Labute approximate surface area is 161 Å². The van der Waals surface area contributed by atoms with E-state index in [-0.39, 0.29) is 12.5 Å². The van der Waals surface area contributed by atoms with Crippen molar-refractivity contribution in [1.29, 1.82) is 0 Å². The molecule has 1 amide bonds. The predicted octanol–water partition coefficient (Wildman–Crippen LogP) is 2.65. The lowest BCUT2D eigenvalue weighted by molar-refractivity contribution is -0.121. The first-order chi connectivity index (χ1) is 12.7. The number of carbonyl (C=O) groups excluding carboxylic acids is 1. The SMILES string of the molecule is Cc1ccc(OCCNC(=O)[C@@H](C)N(c2ccccc2)S(C)(=O)=O)cc1C. The molecule has 1 N–H and O–H groups in total. The summed E-state index contributed by atoms with van der Waals surface area (Å²) in [4.78, 5) is 12.4. The summed E-state index contributed by atoms with van der Waals surface area (Å²) in [5.74, 6) is 0.357. The number of para-hydroxylation sites is 1. The fraction of sp³-hybridized carbons (Fsp3) is 0.350. The van der Waals surface area contributed by atoms with Crippen molar-refractivity contribution in [1.82, 2.24) is 5.32 Å². The van der Waals surface area contributed by atoms with Crippen molar-refractivity contribution in [3.05, 3.63) is 59.7 Å². The smallest absolute Gasteiger partial charge is 0.243 e. The third-order valence-corrected chi connectivity index (χ3v) is 5.49. The maximum Gasteiger partial charge on any atom is 0.243 e. The first kappa shape index (κ1) is 20.8. The van der Waals surface area contributed by atoms with E-state index < -0.39 is 16.1 Å². The molecule has 0 saturated heterocycles. The van der Waals surface area contributed by atoms with Crippen LogP contribution in [-0.2, 0) is 14.8 Å². The van der Waals surface area contributed by atoms with E-state index >= 15 is 0 Å². The normalized spacial score (nSPS) is 12.3. The van der Waals surface area contributed by atoms with Crippen LogP contribution in [0.4, 0.5) is 5.69 Å². The summed E-state index contributed by atoms with van der Waals surface area (Å²) in [5.41, 5.74) is 2.78. The molecule has 27 heavy (non-hydrogen) atoms. The summed E-state index contributed by atoms with van der Waals surface area (Å²) in [5, 5.41) is 2.73. The average Bonchev–Trinajstić information content (AvgIpc) is 2.61. The van der Waals surface area contributed by atoms with Gasteiger partial charge < -0.3 is 10.1 Å². The van der Waals surface area contributed by atoms with Crippen molar-refractivity contribution in [3.8, 4) is 5.75 Å². The third-order valence-electron chi connectivity index (χ3n) is 4.25. The zero-order chi connectivity index (χ0) is 20.0. The number of hydrogen-bond donors (Lipinski definition) is 1. The average molecular weight is 391 g/mol. The van der Waals surface area contributed by atoms with Crippen molar-refractivity contribution < 1.29 is 17.9 Å². The van der Waals surface area contributed by atoms with Crippen LogP contribution in [0, 0.1) is 13.8 Å². The van der Waals surface area contributed by atoms with Crippen LogP contribution in [0.5, 0.6) is 5.75 Å². The van der Waals surface area contributed by atoms with Gasteiger partial charge in [-0.05, 0) is 56.2 Å². The van der Waals surface area contributed by atoms with Gasteiger partial charge in [0.1, 0.15) is 18.4 Å². The largest absolute Gasteiger partial charge is 0.492 e. The number of rotatable bonds is 8. The van der Waals surface area contributed by atoms with Crippen LogP contribution >= 0.6 is 0 Å². The molecule has 1 atom stereocenters. The van der Waals surface area contributed by atoms with Gasteiger partial charge >= 0.3 is 0 Å². The molecule has 2 rings (SSSR count). The van der Waals surface area contributed by atoms with E-state index in [2.05, 4.69) is 5.32 Å². The number of nitrogens with one attached hydrogen (secondary N) is 1. The quantitative estimate of drug-likeness (QED) is 0.703. The molecule has 0 heterocycles. The number of sulfonamides is 1. The van der Waals surface area contributed by atoms with Crippen LogP contribution in [0.1, 0.15) is 18.1 Å².